The average Bonchev–Trinajstić information content (AvgIpc) is 3.16. The third kappa shape index (κ3) is 5.11. The Labute approximate surface area is 204 Å². The molecule has 2 aromatic carbocycles. The van der Waals surface area contributed by atoms with E-state index in [0.29, 0.717) is 49.4 Å². The number of aromatic nitrogens is 2. The molecule has 0 bridgehead atoms. The number of rotatable bonds is 7. The summed E-state index contributed by atoms with van der Waals surface area (Å²) in [7, 11) is 0. The molecule has 0 unspecified atom stereocenters. The van der Waals surface area contributed by atoms with Crippen molar-refractivity contribution in [3.05, 3.63) is 80.7 Å². The highest BCUT2D eigenvalue weighted by atomic mass is 35.5. The summed E-state index contributed by atoms with van der Waals surface area (Å²) in [6, 6.07) is 13.7. The van der Waals surface area contributed by atoms with Gasteiger partial charge < -0.3 is 15.4 Å². The molecule has 4 aromatic rings. The number of nitrogens with one attached hydrogen (secondary N) is 2. The molecule has 2 amide bonds. The number of nitrogens with zero attached hydrogens (tertiary/aromatic N) is 2. The SMILES string of the molecule is CCOc1ccc(NC(=O)Cn2cnc3sc(C(=O)Nc4ccc(Cl)cc4)c(C)c3c2=O)cc1. The van der Waals surface area contributed by atoms with E-state index in [4.69, 9.17) is 16.3 Å². The molecule has 0 fully saturated rings. The van der Waals surface area contributed by atoms with Gasteiger partial charge in [-0.25, -0.2) is 4.98 Å². The lowest BCUT2D eigenvalue weighted by molar-refractivity contribution is -0.116. The maximum Gasteiger partial charge on any atom is 0.266 e. The highest BCUT2D eigenvalue weighted by Crippen LogP contribution is 2.28. The van der Waals surface area contributed by atoms with Crippen molar-refractivity contribution in [2.24, 2.45) is 0 Å². The van der Waals surface area contributed by atoms with Crippen LogP contribution >= 0.6 is 22.9 Å². The highest BCUT2D eigenvalue weighted by Gasteiger charge is 2.20. The minimum atomic E-state index is -0.383. The van der Waals surface area contributed by atoms with Crippen LogP contribution in [0.5, 0.6) is 5.75 Å². The van der Waals surface area contributed by atoms with Crippen LogP contribution in [0, 0.1) is 6.92 Å². The van der Waals surface area contributed by atoms with Gasteiger partial charge in [-0.05, 0) is 67.9 Å². The van der Waals surface area contributed by atoms with Gasteiger partial charge in [0.15, 0.2) is 0 Å². The predicted molar refractivity (Wildman–Crippen MR) is 134 cm³/mol. The number of fused-ring (bicyclic) bond motifs is 1. The van der Waals surface area contributed by atoms with Gasteiger partial charge in [-0.1, -0.05) is 11.6 Å². The third-order valence-corrected chi connectivity index (χ3v) is 6.44. The summed E-state index contributed by atoms with van der Waals surface area (Å²) in [6.07, 6.45) is 1.32. The van der Waals surface area contributed by atoms with Gasteiger partial charge in [0.25, 0.3) is 11.5 Å². The predicted octanol–water partition coefficient (Wildman–Crippen LogP) is 4.71. The monoisotopic (exact) mass is 496 g/mol. The van der Waals surface area contributed by atoms with Crippen LogP contribution in [0.15, 0.2) is 59.7 Å². The second-order valence-corrected chi connectivity index (χ2v) is 8.82. The van der Waals surface area contributed by atoms with E-state index in [0.717, 1.165) is 11.3 Å². The van der Waals surface area contributed by atoms with Crippen molar-refractivity contribution in [1.82, 2.24) is 9.55 Å². The van der Waals surface area contributed by atoms with E-state index in [2.05, 4.69) is 15.6 Å². The van der Waals surface area contributed by atoms with Crippen molar-refractivity contribution in [2.45, 2.75) is 20.4 Å². The molecule has 4 rings (SSSR count). The summed E-state index contributed by atoms with van der Waals surface area (Å²) in [5.41, 5.74) is 1.31. The van der Waals surface area contributed by atoms with E-state index in [1.807, 2.05) is 6.92 Å². The number of halogens is 1. The number of thiophene rings is 1. The van der Waals surface area contributed by atoms with Crippen LogP contribution in [0.3, 0.4) is 0 Å². The largest absolute Gasteiger partial charge is 0.494 e. The van der Waals surface area contributed by atoms with Crippen molar-refractivity contribution in [3.8, 4) is 5.75 Å². The standard InChI is InChI=1S/C24H21ClN4O4S/c1-3-33-18-10-8-16(9-11-18)27-19(30)12-29-13-26-23-20(24(29)32)14(2)21(34-23)22(31)28-17-6-4-15(25)5-7-17/h4-11,13H,3,12H2,1-2H3,(H,27,30)(H,28,31). The maximum absolute atomic E-state index is 13.1. The van der Waals surface area contributed by atoms with Crippen LogP contribution in [0.25, 0.3) is 10.2 Å². The Kier molecular flexibility index (Phi) is 6.95. The number of carbonyl (C=O) groups is 2. The lowest BCUT2D eigenvalue weighted by Crippen LogP contribution is -2.27. The Morgan fingerprint density at radius 3 is 2.38 bits per heavy atom. The number of aryl methyl sites for hydroxylation is 1. The average molecular weight is 497 g/mol. The Hall–Kier alpha value is -3.69. The number of anilines is 2. The summed E-state index contributed by atoms with van der Waals surface area (Å²) in [5.74, 6) is -0.0155. The normalized spacial score (nSPS) is 10.8. The van der Waals surface area contributed by atoms with Crippen LogP contribution in [0.1, 0.15) is 22.2 Å². The summed E-state index contributed by atoms with van der Waals surface area (Å²) in [6.45, 7) is 3.93. The van der Waals surface area contributed by atoms with Gasteiger partial charge in [-0.15, -0.1) is 11.3 Å². The van der Waals surface area contributed by atoms with Crippen LogP contribution in [-0.2, 0) is 11.3 Å². The quantitative estimate of drug-likeness (QED) is 0.386. The zero-order valence-electron chi connectivity index (χ0n) is 18.4. The smallest absolute Gasteiger partial charge is 0.266 e. The van der Waals surface area contributed by atoms with E-state index >= 15 is 0 Å². The summed E-state index contributed by atoms with van der Waals surface area (Å²) >= 11 is 7.01. The molecule has 0 spiro atoms. The van der Waals surface area contributed by atoms with Crippen molar-refractivity contribution in [3.63, 3.8) is 0 Å². The molecule has 0 aliphatic carbocycles. The topological polar surface area (TPSA) is 102 Å². The van der Waals surface area contributed by atoms with E-state index in [1.54, 1.807) is 55.5 Å². The van der Waals surface area contributed by atoms with Crippen LogP contribution < -0.4 is 20.9 Å². The zero-order chi connectivity index (χ0) is 24.2. The fraction of sp³-hybridized carbons (Fsp3) is 0.167. The number of hydrogen-bond acceptors (Lipinski definition) is 6. The van der Waals surface area contributed by atoms with E-state index in [1.165, 1.54) is 10.9 Å². The molecule has 2 N–H and O–H groups in total. The molecule has 2 heterocycles. The Balaban J connectivity index is 1.52. The lowest BCUT2D eigenvalue weighted by atomic mass is 10.2. The molecule has 0 saturated heterocycles. The minimum absolute atomic E-state index is 0.212. The summed E-state index contributed by atoms with van der Waals surface area (Å²) in [5, 5.41) is 6.43. The van der Waals surface area contributed by atoms with Crippen molar-refractivity contribution in [1.29, 1.82) is 0 Å². The summed E-state index contributed by atoms with van der Waals surface area (Å²) in [4.78, 5) is 43.5. The van der Waals surface area contributed by atoms with Gasteiger partial charge in [0.05, 0.1) is 23.2 Å². The molecule has 174 valence electrons. The summed E-state index contributed by atoms with van der Waals surface area (Å²) < 4.78 is 6.62. The molecule has 0 atom stereocenters. The van der Waals surface area contributed by atoms with Gasteiger partial charge >= 0.3 is 0 Å². The van der Waals surface area contributed by atoms with Crippen LogP contribution in [0.2, 0.25) is 5.02 Å². The molecule has 34 heavy (non-hydrogen) atoms. The van der Waals surface area contributed by atoms with E-state index in [-0.39, 0.29) is 23.9 Å². The zero-order valence-corrected chi connectivity index (χ0v) is 20.0. The third-order valence-electron chi connectivity index (χ3n) is 4.99. The van der Waals surface area contributed by atoms with Crippen molar-refractivity contribution in [2.75, 3.05) is 17.2 Å². The second kappa shape index (κ2) is 10.1. The number of benzene rings is 2. The molecule has 0 saturated carbocycles. The first kappa shape index (κ1) is 23.5. The van der Waals surface area contributed by atoms with Gasteiger partial charge in [-0.3, -0.25) is 19.0 Å². The molecule has 0 aliphatic rings. The fourth-order valence-corrected chi connectivity index (χ4v) is 4.53. The van der Waals surface area contributed by atoms with Gasteiger partial charge in [0.2, 0.25) is 5.91 Å². The van der Waals surface area contributed by atoms with Crippen molar-refractivity contribution >= 4 is 56.3 Å². The second-order valence-electron chi connectivity index (χ2n) is 7.38. The first-order chi connectivity index (χ1) is 16.4. The first-order valence-corrected chi connectivity index (χ1v) is 11.6. The van der Waals surface area contributed by atoms with E-state index < -0.39 is 0 Å². The van der Waals surface area contributed by atoms with Gasteiger partial charge in [0, 0.05) is 16.4 Å². The Bertz CT molecular complexity index is 1410. The molecular weight excluding hydrogens is 476 g/mol. The Morgan fingerprint density at radius 2 is 1.71 bits per heavy atom. The van der Waals surface area contributed by atoms with Gasteiger partial charge in [-0.2, -0.15) is 0 Å². The molecule has 0 aliphatic heterocycles. The van der Waals surface area contributed by atoms with Crippen LogP contribution in [-0.4, -0.2) is 28.0 Å². The molecule has 8 nitrogen and oxygen atoms in total. The van der Waals surface area contributed by atoms with Crippen LogP contribution in [0.4, 0.5) is 11.4 Å². The molecule has 2 aromatic heterocycles. The minimum Gasteiger partial charge on any atom is -0.494 e. The lowest BCUT2D eigenvalue weighted by Gasteiger charge is -2.08. The van der Waals surface area contributed by atoms with Crippen molar-refractivity contribution < 1.29 is 14.3 Å². The molecule has 10 heteroatoms. The fourth-order valence-electron chi connectivity index (χ4n) is 3.37. The number of ether oxygens (including phenoxy) is 1. The highest BCUT2D eigenvalue weighted by molar-refractivity contribution is 7.20. The van der Waals surface area contributed by atoms with Gasteiger partial charge in [0.1, 0.15) is 17.1 Å². The molecule has 0 radical (unpaired) electrons. The first-order valence-electron chi connectivity index (χ1n) is 10.4. The number of hydrogen-bond donors (Lipinski definition) is 2. The maximum atomic E-state index is 13.1. The number of carbonyl (C=O) groups excluding carboxylic acids is 2. The number of amides is 2. The molecular formula is C24H21ClN4O4S. The van der Waals surface area contributed by atoms with E-state index in [9.17, 15) is 14.4 Å². The Morgan fingerprint density at radius 1 is 1.06 bits per heavy atom.